The third kappa shape index (κ3) is 3.68. The topological polar surface area (TPSA) is 85.7 Å². The summed E-state index contributed by atoms with van der Waals surface area (Å²) in [7, 11) is 0. The van der Waals surface area contributed by atoms with Crippen molar-refractivity contribution < 1.29 is 28.4 Å². The Kier molecular flexibility index (Phi) is 4.11. The summed E-state index contributed by atoms with van der Waals surface area (Å²) < 4.78 is 37.6. The van der Waals surface area contributed by atoms with Gasteiger partial charge in [-0.05, 0) is 18.2 Å². The number of alkyl halides is 3. The van der Waals surface area contributed by atoms with Gasteiger partial charge in [-0.25, -0.2) is 4.98 Å². The number of carbonyl (C=O) groups excluding carboxylic acids is 1. The molecule has 0 spiro atoms. The molecule has 2 rings (SSSR count). The number of thiazole rings is 1. The molecule has 21 heavy (non-hydrogen) atoms. The quantitative estimate of drug-likeness (QED) is 0.757. The molecular formula is C11H8F3N3O3S. The first-order valence-electron chi connectivity index (χ1n) is 5.39. The highest BCUT2D eigenvalue weighted by Gasteiger charge is 2.30. The van der Waals surface area contributed by atoms with E-state index in [1.807, 2.05) is 0 Å². The molecule has 1 aromatic heterocycles. The predicted molar refractivity (Wildman–Crippen MR) is 67.6 cm³/mol. The summed E-state index contributed by atoms with van der Waals surface area (Å²) >= 11 is 0.734. The van der Waals surface area contributed by atoms with Gasteiger partial charge in [-0.3, -0.25) is 20.5 Å². The average molecular weight is 319 g/mol. The minimum absolute atomic E-state index is 0.0144. The summed E-state index contributed by atoms with van der Waals surface area (Å²) in [4.78, 5) is 15.5. The van der Waals surface area contributed by atoms with Crippen molar-refractivity contribution in [1.29, 1.82) is 0 Å². The van der Waals surface area contributed by atoms with Crippen LogP contribution in [0.5, 0.6) is 0 Å². The van der Waals surface area contributed by atoms with Gasteiger partial charge in [0.1, 0.15) is 0 Å². The number of nitrogens with zero attached hydrogens (tertiary/aromatic N) is 2. The monoisotopic (exact) mass is 319 g/mol. The number of aromatic nitrogens is 1. The number of carbonyl (C=O) groups is 1. The standard InChI is InChI=1S/C11H8F3N3O3S/c12-11(13,14)7-3-1-2-6(4-7)9(18)16-10-15-5-8(21-10)17(19)20/h1-5,19-20H,(H,15,16,18). The van der Waals surface area contributed by atoms with Crippen LogP contribution < -0.4 is 10.5 Å². The lowest BCUT2D eigenvalue weighted by atomic mass is 10.1. The zero-order valence-electron chi connectivity index (χ0n) is 10.1. The molecule has 6 nitrogen and oxygen atoms in total. The summed E-state index contributed by atoms with van der Waals surface area (Å²) in [6.45, 7) is 0. The molecule has 0 fully saturated rings. The van der Waals surface area contributed by atoms with Gasteiger partial charge >= 0.3 is 6.18 Å². The number of halogens is 3. The van der Waals surface area contributed by atoms with E-state index in [0.717, 1.165) is 29.7 Å². The molecule has 0 saturated carbocycles. The van der Waals surface area contributed by atoms with E-state index in [0.29, 0.717) is 6.07 Å². The lowest BCUT2D eigenvalue weighted by Gasteiger charge is -2.08. The molecule has 10 heteroatoms. The molecule has 112 valence electrons. The Morgan fingerprint density at radius 3 is 2.62 bits per heavy atom. The van der Waals surface area contributed by atoms with Crippen LogP contribution in [0.25, 0.3) is 0 Å². The third-order valence-electron chi connectivity index (χ3n) is 2.36. The second kappa shape index (κ2) is 5.68. The number of nitrogens with one attached hydrogen (secondary N) is 1. The number of hydrogen-bond donors (Lipinski definition) is 3. The molecular weight excluding hydrogens is 311 g/mol. The van der Waals surface area contributed by atoms with E-state index in [9.17, 15) is 18.0 Å². The molecule has 0 saturated heterocycles. The van der Waals surface area contributed by atoms with Crippen molar-refractivity contribution in [3.8, 4) is 0 Å². The number of rotatable bonds is 3. The van der Waals surface area contributed by atoms with Gasteiger partial charge in [0.2, 0.25) is 0 Å². The third-order valence-corrected chi connectivity index (χ3v) is 3.24. The highest BCUT2D eigenvalue weighted by molar-refractivity contribution is 7.19. The number of anilines is 2. The molecule has 0 unspecified atom stereocenters. The van der Waals surface area contributed by atoms with Crippen molar-refractivity contribution in [3.05, 3.63) is 41.6 Å². The van der Waals surface area contributed by atoms with Crippen molar-refractivity contribution >= 4 is 27.4 Å². The van der Waals surface area contributed by atoms with E-state index < -0.39 is 17.6 Å². The molecule has 0 aliphatic carbocycles. The summed E-state index contributed by atoms with van der Waals surface area (Å²) in [5.41, 5.74) is -1.13. The van der Waals surface area contributed by atoms with Gasteiger partial charge in [0.05, 0.1) is 11.8 Å². The summed E-state index contributed by atoms with van der Waals surface area (Å²) in [5.74, 6) is -0.788. The molecule has 1 heterocycles. The predicted octanol–water partition coefficient (Wildman–Crippen LogP) is 3.00. The SMILES string of the molecule is O=C(Nc1ncc(N(O)O)s1)c1cccc(C(F)(F)F)c1. The molecule has 0 radical (unpaired) electrons. The van der Waals surface area contributed by atoms with Gasteiger partial charge in [-0.15, -0.1) is 5.23 Å². The van der Waals surface area contributed by atoms with Gasteiger partial charge in [0.15, 0.2) is 10.1 Å². The van der Waals surface area contributed by atoms with Gasteiger partial charge in [-0.1, -0.05) is 17.4 Å². The molecule has 0 aliphatic heterocycles. The molecule has 1 aromatic carbocycles. The van der Waals surface area contributed by atoms with Crippen molar-refractivity contribution in [2.24, 2.45) is 0 Å². The van der Waals surface area contributed by atoms with Gasteiger partial charge < -0.3 is 0 Å². The Labute approximate surface area is 120 Å². The van der Waals surface area contributed by atoms with Crippen LogP contribution >= 0.6 is 11.3 Å². The molecule has 1 amide bonds. The molecule has 0 aliphatic rings. The minimum Gasteiger partial charge on any atom is -0.298 e. The van der Waals surface area contributed by atoms with Crippen LogP contribution in [0.15, 0.2) is 30.5 Å². The number of benzene rings is 1. The van der Waals surface area contributed by atoms with Crippen LogP contribution in [0, 0.1) is 0 Å². The van der Waals surface area contributed by atoms with Crippen molar-refractivity contribution in [3.63, 3.8) is 0 Å². The van der Waals surface area contributed by atoms with Gasteiger partial charge in [0.25, 0.3) is 5.91 Å². The normalized spacial score (nSPS) is 11.3. The fourth-order valence-corrected chi connectivity index (χ4v) is 2.06. The van der Waals surface area contributed by atoms with Crippen LogP contribution in [-0.2, 0) is 6.18 Å². The average Bonchev–Trinajstić information content (AvgIpc) is 2.86. The Bertz CT molecular complexity index is 657. The highest BCUT2D eigenvalue weighted by atomic mass is 32.1. The minimum atomic E-state index is -4.54. The zero-order chi connectivity index (χ0) is 15.6. The molecule has 0 atom stereocenters. The van der Waals surface area contributed by atoms with Crippen LogP contribution in [0.3, 0.4) is 0 Å². The maximum atomic E-state index is 12.5. The van der Waals surface area contributed by atoms with Crippen molar-refractivity contribution in [2.75, 3.05) is 10.5 Å². The maximum absolute atomic E-state index is 12.5. The first kappa shape index (κ1) is 15.2. The Morgan fingerprint density at radius 2 is 2.05 bits per heavy atom. The summed E-state index contributed by atoms with van der Waals surface area (Å²) in [5, 5.41) is 19.5. The fourth-order valence-electron chi connectivity index (χ4n) is 1.42. The second-order valence-corrected chi connectivity index (χ2v) is 4.83. The fraction of sp³-hybridized carbons (Fsp3) is 0.0909. The molecule has 3 N–H and O–H groups in total. The van der Waals surface area contributed by atoms with E-state index >= 15 is 0 Å². The van der Waals surface area contributed by atoms with E-state index in [4.69, 9.17) is 10.4 Å². The van der Waals surface area contributed by atoms with E-state index in [1.165, 1.54) is 6.07 Å². The van der Waals surface area contributed by atoms with Crippen molar-refractivity contribution in [1.82, 2.24) is 4.98 Å². The first-order chi connectivity index (χ1) is 9.77. The summed E-state index contributed by atoms with van der Waals surface area (Å²) in [6, 6.07) is 3.92. The lowest BCUT2D eigenvalue weighted by Crippen LogP contribution is -2.13. The lowest BCUT2D eigenvalue weighted by molar-refractivity contribution is -0.137. The Morgan fingerprint density at radius 1 is 1.33 bits per heavy atom. The highest BCUT2D eigenvalue weighted by Crippen LogP contribution is 2.30. The van der Waals surface area contributed by atoms with E-state index in [-0.39, 0.29) is 20.9 Å². The number of hydrogen-bond acceptors (Lipinski definition) is 6. The Balaban J connectivity index is 2.16. The van der Waals surface area contributed by atoms with E-state index in [2.05, 4.69) is 10.3 Å². The van der Waals surface area contributed by atoms with E-state index in [1.54, 1.807) is 0 Å². The smallest absolute Gasteiger partial charge is 0.298 e. The van der Waals surface area contributed by atoms with Crippen LogP contribution in [-0.4, -0.2) is 21.3 Å². The van der Waals surface area contributed by atoms with Crippen LogP contribution in [0.1, 0.15) is 15.9 Å². The zero-order valence-corrected chi connectivity index (χ0v) is 10.9. The Hall–Kier alpha value is -2.17. The van der Waals surface area contributed by atoms with Crippen LogP contribution in [0.2, 0.25) is 0 Å². The second-order valence-electron chi connectivity index (χ2n) is 3.83. The first-order valence-corrected chi connectivity index (χ1v) is 6.21. The van der Waals surface area contributed by atoms with Gasteiger partial charge in [-0.2, -0.15) is 13.2 Å². The number of amides is 1. The van der Waals surface area contributed by atoms with Crippen LogP contribution in [0.4, 0.5) is 23.3 Å². The largest absolute Gasteiger partial charge is 0.416 e. The van der Waals surface area contributed by atoms with Gasteiger partial charge in [0, 0.05) is 5.56 Å². The van der Waals surface area contributed by atoms with Crippen molar-refractivity contribution in [2.45, 2.75) is 6.18 Å². The summed E-state index contributed by atoms with van der Waals surface area (Å²) in [6.07, 6.45) is -3.47. The molecule has 0 bridgehead atoms. The maximum Gasteiger partial charge on any atom is 0.416 e. The molecule has 2 aromatic rings.